The van der Waals surface area contributed by atoms with E-state index >= 15 is 0 Å². The first-order chi connectivity index (χ1) is 14.1. The van der Waals surface area contributed by atoms with E-state index in [1.807, 2.05) is 13.0 Å². The van der Waals surface area contributed by atoms with Crippen LogP contribution >= 0.6 is 0 Å². The van der Waals surface area contributed by atoms with Crippen molar-refractivity contribution in [1.29, 1.82) is 0 Å². The lowest BCUT2D eigenvalue weighted by molar-refractivity contribution is -0.102. The summed E-state index contributed by atoms with van der Waals surface area (Å²) in [6.07, 6.45) is 3.11. The summed E-state index contributed by atoms with van der Waals surface area (Å²) in [7, 11) is 0. The van der Waals surface area contributed by atoms with Gasteiger partial charge in [0.25, 0.3) is 0 Å². The molecule has 2 atom stereocenters. The summed E-state index contributed by atoms with van der Waals surface area (Å²) >= 11 is 0. The molecule has 4 rings (SSSR count). The fourth-order valence-electron chi connectivity index (χ4n) is 3.90. The maximum Gasteiger partial charge on any atom is 0.351 e. The van der Waals surface area contributed by atoms with Crippen molar-refractivity contribution in [3.05, 3.63) is 45.9 Å². The van der Waals surface area contributed by atoms with Gasteiger partial charge < -0.3 is 19.3 Å². The second-order valence-electron chi connectivity index (χ2n) is 7.78. The van der Waals surface area contributed by atoms with Crippen molar-refractivity contribution < 1.29 is 19.3 Å². The molecule has 2 aliphatic heterocycles. The van der Waals surface area contributed by atoms with E-state index in [1.165, 1.54) is 11.1 Å². The standard InChI is InChI=1S/C22H28N2O5/c1-15(25)3-2-4-16-5-6-19-17(11-16)7-8-24-20(19)12-21(23-22(24)26)29-14-18-13-27-9-10-28-18/h5-6,11-12,15,18,25H,2-4,7-10,13-14H2,1H3. The first-order valence-corrected chi connectivity index (χ1v) is 10.3. The molecule has 0 spiro atoms. The molecule has 3 heterocycles. The summed E-state index contributed by atoms with van der Waals surface area (Å²) in [4.78, 5) is 16.6. The highest BCUT2D eigenvalue weighted by Gasteiger charge is 2.21. The van der Waals surface area contributed by atoms with Gasteiger partial charge in [-0.2, -0.15) is 4.98 Å². The van der Waals surface area contributed by atoms with E-state index in [-0.39, 0.29) is 17.9 Å². The molecular weight excluding hydrogens is 372 g/mol. The van der Waals surface area contributed by atoms with E-state index < -0.39 is 0 Å². The van der Waals surface area contributed by atoms with Gasteiger partial charge in [0.2, 0.25) is 5.88 Å². The topological polar surface area (TPSA) is 82.8 Å². The van der Waals surface area contributed by atoms with Gasteiger partial charge in [-0.1, -0.05) is 18.2 Å². The molecule has 0 bridgehead atoms. The Balaban J connectivity index is 1.52. The summed E-state index contributed by atoms with van der Waals surface area (Å²) in [6, 6.07) is 8.25. The Hall–Kier alpha value is -2.22. The number of aryl methyl sites for hydroxylation is 2. The van der Waals surface area contributed by atoms with Crippen molar-refractivity contribution in [2.45, 2.75) is 51.4 Å². The second-order valence-corrected chi connectivity index (χ2v) is 7.78. The van der Waals surface area contributed by atoms with Crippen LogP contribution in [0.25, 0.3) is 11.3 Å². The number of ether oxygens (including phenoxy) is 3. The van der Waals surface area contributed by atoms with Crippen LogP contribution in [-0.4, -0.2) is 53.3 Å². The molecule has 0 radical (unpaired) electrons. The Labute approximate surface area is 170 Å². The fraction of sp³-hybridized carbons (Fsp3) is 0.545. The number of aromatic nitrogens is 2. The Morgan fingerprint density at radius 3 is 3.03 bits per heavy atom. The molecule has 29 heavy (non-hydrogen) atoms. The average molecular weight is 400 g/mol. The zero-order chi connectivity index (χ0) is 20.2. The van der Waals surface area contributed by atoms with E-state index in [0.717, 1.165) is 36.9 Å². The van der Waals surface area contributed by atoms with Crippen LogP contribution in [-0.2, 0) is 28.9 Å². The van der Waals surface area contributed by atoms with E-state index in [1.54, 1.807) is 4.57 Å². The third-order valence-electron chi connectivity index (χ3n) is 5.43. The van der Waals surface area contributed by atoms with Crippen LogP contribution in [0.3, 0.4) is 0 Å². The molecule has 2 unspecified atom stereocenters. The third kappa shape index (κ3) is 4.86. The van der Waals surface area contributed by atoms with Gasteiger partial charge in [0.15, 0.2) is 0 Å². The number of fused-ring (bicyclic) bond motifs is 3. The molecule has 1 N–H and O–H groups in total. The van der Waals surface area contributed by atoms with Gasteiger partial charge in [-0.05, 0) is 43.7 Å². The second kappa shape index (κ2) is 9.07. The molecule has 156 valence electrons. The number of hydrogen-bond donors (Lipinski definition) is 1. The number of nitrogens with zero attached hydrogens (tertiary/aromatic N) is 2. The summed E-state index contributed by atoms with van der Waals surface area (Å²) in [5, 5.41) is 9.45. The molecule has 0 saturated carbocycles. The van der Waals surface area contributed by atoms with Gasteiger partial charge in [0.05, 0.1) is 31.6 Å². The lowest BCUT2D eigenvalue weighted by Gasteiger charge is -2.24. The van der Waals surface area contributed by atoms with Gasteiger partial charge in [0.1, 0.15) is 12.7 Å². The number of hydrogen-bond acceptors (Lipinski definition) is 6. The fourth-order valence-corrected chi connectivity index (χ4v) is 3.90. The average Bonchev–Trinajstić information content (AvgIpc) is 2.72. The van der Waals surface area contributed by atoms with Crippen LogP contribution in [0, 0.1) is 0 Å². The van der Waals surface area contributed by atoms with Gasteiger partial charge >= 0.3 is 5.69 Å². The smallest absolute Gasteiger partial charge is 0.351 e. The van der Waals surface area contributed by atoms with Crippen LogP contribution in [0.5, 0.6) is 5.88 Å². The first-order valence-electron chi connectivity index (χ1n) is 10.3. The Morgan fingerprint density at radius 2 is 2.24 bits per heavy atom. The first kappa shape index (κ1) is 20.1. The number of benzene rings is 1. The Bertz CT molecular complexity index is 903. The molecular formula is C22H28N2O5. The minimum absolute atomic E-state index is 0.138. The monoisotopic (exact) mass is 400 g/mol. The molecule has 7 nitrogen and oxygen atoms in total. The molecule has 1 saturated heterocycles. The van der Waals surface area contributed by atoms with E-state index in [0.29, 0.717) is 38.9 Å². The lowest BCUT2D eigenvalue weighted by atomic mass is 9.94. The molecule has 2 aromatic rings. The van der Waals surface area contributed by atoms with E-state index in [9.17, 15) is 9.90 Å². The maximum atomic E-state index is 12.5. The van der Waals surface area contributed by atoms with E-state index in [4.69, 9.17) is 14.2 Å². The summed E-state index contributed by atoms with van der Waals surface area (Å²) in [5.41, 5.74) is 4.11. The number of rotatable bonds is 7. The molecule has 1 aromatic carbocycles. The van der Waals surface area contributed by atoms with Gasteiger partial charge in [0, 0.05) is 18.2 Å². The predicted octanol–water partition coefficient (Wildman–Crippen LogP) is 1.96. The van der Waals surface area contributed by atoms with Crippen LogP contribution in [0.4, 0.5) is 0 Å². The van der Waals surface area contributed by atoms with Crippen molar-refractivity contribution in [1.82, 2.24) is 9.55 Å². The Morgan fingerprint density at radius 1 is 1.34 bits per heavy atom. The van der Waals surface area contributed by atoms with E-state index in [2.05, 4.69) is 23.2 Å². The lowest BCUT2D eigenvalue weighted by Crippen LogP contribution is -2.34. The summed E-state index contributed by atoms with van der Waals surface area (Å²) < 4.78 is 18.4. The normalized spacial score (nSPS) is 19.3. The molecule has 0 aliphatic carbocycles. The Kier molecular flexibility index (Phi) is 6.28. The molecule has 0 amide bonds. The van der Waals surface area contributed by atoms with Gasteiger partial charge in [-0.3, -0.25) is 4.57 Å². The van der Waals surface area contributed by atoms with Crippen LogP contribution in [0.1, 0.15) is 30.9 Å². The zero-order valence-electron chi connectivity index (χ0n) is 16.8. The highest BCUT2D eigenvalue weighted by molar-refractivity contribution is 5.67. The van der Waals surface area contributed by atoms with Crippen molar-refractivity contribution in [2.75, 3.05) is 26.4 Å². The van der Waals surface area contributed by atoms with Crippen molar-refractivity contribution in [3.8, 4) is 17.1 Å². The zero-order valence-corrected chi connectivity index (χ0v) is 16.8. The maximum absolute atomic E-state index is 12.5. The van der Waals surface area contributed by atoms with Crippen LogP contribution in [0.15, 0.2) is 29.1 Å². The number of aliphatic hydroxyl groups is 1. The largest absolute Gasteiger partial charge is 0.475 e. The molecule has 2 aliphatic rings. The highest BCUT2D eigenvalue weighted by atomic mass is 16.6. The minimum atomic E-state index is -0.287. The quantitative estimate of drug-likeness (QED) is 0.765. The highest BCUT2D eigenvalue weighted by Crippen LogP contribution is 2.30. The van der Waals surface area contributed by atoms with Crippen molar-refractivity contribution in [2.24, 2.45) is 0 Å². The minimum Gasteiger partial charge on any atom is -0.475 e. The summed E-state index contributed by atoms with van der Waals surface area (Å²) in [6.45, 7) is 4.40. The van der Waals surface area contributed by atoms with Gasteiger partial charge in [-0.15, -0.1) is 0 Å². The van der Waals surface area contributed by atoms with Gasteiger partial charge in [-0.25, -0.2) is 4.79 Å². The number of aliphatic hydroxyl groups excluding tert-OH is 1. The molecule has 1 aromatic heterocycles. The molecule has 7 heteroatoms. The van der Waals surface area contributed by atoms with Crippen molar-refractivity contribution >= 4 is 0 Å². The van der Waals surface area contributed by atoms with Crippen LogP contribution < -0.4 is 10.4 Å². The summed E-state index contributed by atoms with van der Waals surface area (Å²) in [5.74, 6) is 0.323. The SMILES string of the molecule is CC(O)CCCc1ccc2c(c1)CCn1c-2cc(OCC2COCCO2)nc1=O. The van der Waals surface area contributed by atoms with Crippen LogP contribution in [0.2, 0.25) is 0 Å². The third-order valence-corrected chi connectivity index (χ3v) is 5.43. The molecule has 1 fully saturated rings. The van der Waals surface area contributed by atoms with Crippen molar-refractivity contribution in [3.63, 3.8) is 0 Å². The predicted molar refractivity (Wildman–Crippen MR) is 108 cm³/mol.